The number of hydrogen-bond acceptors (Lipinski definition) is 7. The number of nitro groups is 1. The highest BCUT2D eigenvalue weighted by Gasteiger charge is 2.22. The van der Waals surface area contributed by atoms with Crippen LogP contribution in [0.25, 0.3) is 0 Å². The Morgan fingerprint density at radius 3 is 2.44 bits per heavy atom. The zero-order chi connectivity index (χ0) is 22.5. The molecule has 1 fully saturated rings. The average molecular weight is 440 g/mol. The predicted molar refractivity (Wildman–Crippen MR) is 115 cm³/mol. The van der Waals surface area contributed by atoms with E-state index in [1.54, 1.807) is 30.3 Å². The first-order valence-electron chi connectivity index (χ1n) is 10.4. The van der Waals surface area contributed by atoms with E-state index in [4.69, 9.17) is 9.47 Å². The van der Waals surface area contributed by atoms with Crippen molar-refractivity contribution in [3.8, 4) is 11.5 Å². The van der Waals surface area contributed by atoms with E-state index < -0.39 is 4.92 Å². The standard InChI is InChI=1S/C22H24N4O6/c27-21(13-16-1-4-18(5-2-16)26(29)30)25-11-9-24(10-12-25)8-7-23-22(28)17-3-6-19-20(14-17)32-15-31-19/h1-6,14H,7-13,15H2,(H,23,28). The molecule has 10 heteroatoms. The molecule has 0 atom stereocenters. The lowest BCUT2D eigenvalue weighted by molar-refractivity contribution is -0.384. The number of benzene rings is 2. The van der Waals surface area contributed by atoms with Gasteiger partial charge < -0.3 is 19.7 Å². The molecule has 0 saturated carbocycles. The van der Waals surface area contributed by atoms with Crippen molar-refractivity contribution in [1.82, 2.24) is 15.1 Å². The summed E-state index contributed by atoms with van der Waals surface area (Å²) in [6, 6.07) is 11.2. The van der Waals surface area contributed by atoms with Crippen molar-refractivity contribution in [2.45, 2.75) is 6.42 Å². The maximum absolute atomic E-state index is 12.5. The Morgan fingerprint density at radius 1 is 1.00 bits per heavy atom. The van der Waals surface area contributed by atoms with Gasteiger partial charge in [0.05, 0.1) is 11.3 Å². The summed E-state index contributed by atoms with van der Waals surface area (Å²) in [5, 5.41) is 13.6. The summed E-state index contributed by atoms with van der Waals surface area (Å²) in [6.07, 6.45) is 0.226. The zero-order valence-corrected chi connectivity index (χ0v) is 17.5. The molecular weight excluding hydrogens is 416 g/mol. The van der Waals surface area contributed by atoms with E-state index in [-0.39, 0.29) is 30.7 Å². The molecule has 2 heterocycles. The number of piperazine rings is 1. The first-order valence-corrected chi connectivity index (χ1v) is 10.4. The Balaban J connectivity index is 1.17. The number of amides is 2. The number of ether oxygens (including phenoxy) is 2. The van der Waals surface area contributed by atoms with Gasteiger partial charge in [0, 0.05) is 57.0 Å². The monoisotopic (exact) mass is 440 g/mol. The van der Waals surface area contributed by atoms with E-state index in [1.807, 2.05) is 4.90 Å². The van der Waals surface area contributed by atoms with Gasteiger partial charge in [0.25, 0.3) is 11.6 Å². The van der Waals surface area contributed by atoms with Crippen LogP contribution in [-0.4, -0.2) is 72.6 Å². The third kappa shape index (κ3) is 5.14. The van der Waals surface area contributed by atoms with Crippen LogP contribution in [0.2, 0.25) is 0 Å². The molecule has 1 saturated heterocycles. The van der Waals surface area contributed by atoms with Crippen LogP contribution in [0, 0.1) is 10.1 Å². The first-order chi connectivity index (χ1) is 15.5. The highest BCUT2D eigenvalue weighted by atomic mass is 16.7. The summed E-state index contributed by atoms with van der Waals surface area (Å²) in [7, 11) is 0. The minimum atomic E-state index is -0.456. The molecule has 0 radical (unpaired) electrons. The number of hydrogen-bond donors (Lipinski definition) is 1. The second-order valence-corrected chi connectivity index (χ2v) is 7.65. The largest absolute Gasteiger partial charge is 0.454 e. The normalized spacial score (nSPS) is 15.4. The summed E-state index contributed by atoms with van der Waals surface area (Å²) >= 11 is 0. The number of nitro benzene ring substituents is 1. The molecule has 2 aliphatic rings. The Kier molecular flexibility index (Phi) is 6.50. The Labute approximate surface area is 184 Å². The second kappa shape index (κ2) is 9.65. The summed E-state index contributed by atoms with van der Waals surface area (Å²) in [5.41, 5.74) is 1.30. The van der Waals surface area contributed by atoms with E-state index in [0.29, 0.717) is 43.2 Å². The summed E-state index contributed by atoms with van der Waals surface area (Å²) < 4.78 is 10.6. The summed E-state index contributed by atoms with van der Waals surface area (Å²) in [5.74, 6) is 1.06. The van der Waals surface area contributed by atoms with E-state index in [1.165, 1.54) is 12.1 Å². The van der Waals surface area contributed by atoms with Gasteiger partial charge in [0.2, 0.25) is 12.7 Å². The molecule has 0 aliphatic carbocycles. The van der Waals surface area contributed by atoms with Crippen LogP contribution in [0.4, 0.5) is 5.69 Å². The molecule has 0 unspecified atom stereocenters. The number of non-ortho nitro benzene ring substituents is 1. The summed E-state index contributed by atoms with van der Waals surface area (Å²) in [4.78, 5) is 39.2. The van der Waals surface area contributed by atoms with Gasteiger partial charge >= 0.3 is 0 Å². The van der Waals surface area contributed by atoms with Gasteiger partial charge in [0.15, 0.2) is 11.5 Å². The van der Waals surface area contributed by atoms with Crippen molar-refractivity contribution >= 4 is 17.5 Å². The van der Waals surface area contributed by atoms with Gasteiger partial charge in [0.1, 0.15) is 0 Å². The molecule has 168 valence electrons. The average Bonchev–Trinajstić information content (AvgIpc) is 3.28. The van der Waals surface area contributed by atoms with Crippen LogP contribution >= 0.6 is 0 Å². The lowest BCUT2D eigenvalue weighted by atomic mass is 10.1. The molecule has 32 heavy (non-hydrogen) atoms. The lowest BCUT2D eigenvalue weighted by Crippen LogP contribution is -2.50. The Hall–Kier alpha value is -3.66. The number of carbonyl (C=O) groups is 2. The molecule has 0 aromatic heterocycles. The number of nitrogens with zero attached hydrogens (tertiary/aromatic N) is 3. The molecule has 2 aromatic carbocycles. The van der Waals surface area contributed by atoms with Gasteiger partial charge in [-0.3, -0.25) is 24.6 Å². The molecule has 0 spiro atoms. The highest BCUT2D eigenvalue weighted by molar-refractivity contribution is 5.94. The van der Waals surface area contributed by atoms with Gasteiger partial charge in [-0.05, 0) is 23.8 Å². The van der Waals surface area contributed by atoms with Crippen molar-refractivity contribution in [3.05, 3.63) is 63.7 Å². The van der Waals surface area contributed by atoms with Crippen LogP contribution in [0.1, 0.15) is 15.9 Å². The van der Waals surface area contributed by atoms with Crippen molar-refractivity contribution in [2.75, 3.05) is 46.1 Å². The number of rotatable bonds is 7. The van der Waals surface area contributed by atoms with Crippen molar-refractivity contribution < 1.29 is 24.0 Å². The third-order valence-corrected chi connectivity index (χ3v) is 5.58. The summed E-state index contributed by atoms with van der Waals surface area (Å²) in [6.45, 7) is 4.05. The zero-order valence-electron chi connectivity index (χ0n) is 17.5. The fraction of sp³-hybridized carbons (Fsp3) is 0.364. The number of carbonyl (C=O) groups excluding carboxylic acids is 2. The minimum absolute atomic E-state index is 0.00890. The number of nitrogens with one attached hydrogen (secondary N) is 1. The van der Waals surface area contributed by atoms with Crippen LogP contribution < -0.4 is 14.8 Å². The van der Waals surface area contributed by atoms with Gasteiger partial charge in [-0.15, -0.1) is 0 Å². The molecular formula is C22H24N4O6. The fourth-order valence-corrected chi connectivity index (χ4v) is 3.71. The second-order valence-electron chi connectivity index (χ2n) is 7.65. The Bertz CT molecular complexity index is 1000. The van der Waals surface area contributed by atoms with E-state index >= 15 is 0 Å². The Morgan fingerprint density at radius 2 is 1.72 bits per heavy atom. The molecule has 2 aromatic rings. The number of fused-ring (bicyclic) bond motifs is 1. The van der Waals surface area contributed by atoms with E-state index in [2.05, 4.69) is 10.2 Å². The fourth-order valence-electron chi connectivity index (χ4n) is 3.71. The molecule has 2 aliphatic heterocycles. The molecule has 4 rings (SSSR count). The topological polar surface area (TPSA) is 114 Å². The van der Waals surface area contributed by atoms with E-state index in [0.717, 1.165) is 18.7 Å². The quantitative estimate of drug-likeness (QED) is 0.512. The van der Waals surface area contributed by atoms with Gasteiger partial charge in [-0.2, -0.15) is 0 Å². The minimum Gasteiger partial charge on any atom is -0.454 e. The van der Waals surface area contributed by atoms with Gasteiger partial charge in [-0.25, -0.2) is 0 Å². The predicted octanol–water partition coefficient (Wildman–Crippen LogP) is 1.44. The smallest absolute Gasteiger partial charge is 0.269 e. The SMILES string of the molecule is O=C(NCCN1CCN(C(=O)Cc2ccc([N+](=O)[O-])cc2)CC1)c1ccc2c(c1)OCO2. The molecule has 2 amide bonds. The van der Waals surface area contributed by atoms with Gasteiger partial charge in [-0.1, -0.05) is 12.1 Å². The molecule has 10 nitrogen and oxygen atoms in total. The maximum atomic E-state index is 12.5. The van der Waals surface area contributed by atoms with Crippen molar-refractivity contribution in [3.63, 3.8) is 0 Å². The highest BCUT2D eigenvalue weighted by Crippen LogP contribution is 2.32. The lowest BCUT2D eigenvalue weighted by Gasteiger charge is -2.34. The van der Waals surface area contributed by atoms with Crippen molar-refractivity contribution in [2.24, 2.45) is 0 Å². The van der Waals surface area contributed by atoms with Crippen LogP contribution in [0.3, 0.4) is 0 Å². The van der Waals surface area contributed by atoms with Crippen LogP contribution in [0.5, 0.6) is 11.5 Å². The van der Waals surface area contributed by atoms with Crippen LogP contribution in [-0.2, 0) is 11.2 Å². The third-order valence-electron chi connectivity index (χ3n) is 5.58. The molecule has 0 bridgehead atoms. The van der Waals surface area contributed by atoms with E-state index in [9.17, 15) is 19.7 Å². The maximum Gasteiger partial charge on any atom is 0.269 e. The molecule has 1 N–H and O–H groups in total. The van der Waals surface area contributed by atoms with Crippen molar-refractivity contribution in [1.29, 1.82) is 0 Å². The van der Waals surface area contributed by atoms with Crippen LogP contribution in [0.15, 0.2) is 42.5 Å². The first kappa shape index (κ1) is 21.6.